The van der Waals surface area contributed by atoms with Crippen molar-refractivity contribution >= 4 is 34.2 Å². The fourth-order valence-corrected chi connectivity index (χ4v) is 2.84. The van der Waals surface area contributed by atoms with Crippen molar-refractivity contribution in [1.82, 2.24) is 9.78 Å². The Morgan fingerprint density at radius 1 is 1.16 bits per heavy atom. The average Bonchev–Trinajstić information content (AvgIpc) is 2.93. The first-order valence-corrected chi connectivity index (χ1v) is 8.91. The molecule has 0 bridgehead atoms. The highest BCUT2D eigenvalue weighted by atomic mass is 127. The number of hydrogen-bond acceptors (Lipinski definition) is 3. The Labute approximate surface area is 160 Å². The van der Waals surface area contributed by atoms with E-state index in [4.69, 9.17) is 4.74 Å². The van der Waals surface area contributed by atoms with Crippen molar-refractivity contribution in [2.45, 2.75) is 13.8 Å². The highest BCUT2D eigenvalue weighted by Crippen LogP contribution is 2.17. The molecule has 0 radical (unpaired) electrons. The summed E-state index contributed by atoms with van der Waals surface area (Å²) in [7, 11) is 0. The zero-order chi connectivity index (χ0) is 17.8. The number of amides is 1. The fraction of sp³-hybridized carbons (Fsp3) is 0.158. The highest BCUT2D eigenvalue weighted by Gasteiger charge is 2.07. The SMILES string of the molecule is Cc1cc(C)n(-c2cccc(NC(=O)COc3ccc(I)cc3)c2)n1. The lowest BCUT2D eigenvalue weighted by Gasteiger charge is -2.10. The van der Waals surface area contributed by atoms with Gasteiger partial charge in [-0.1, -0.05) is 6.07 Å². The maximum atomic E-state index is 12.1. The Morgan fingerprint density at radius 2 is 1.92 bits per heavy atom. The predicted octanol–water partition coefficient (Wildman–Crippen LogP) is 4.11. The average molecular weight is 447 g/mol. The van der Waals surface area contributed by atoms with Gasteiger partial charge in [0.2, 0.25) is 0 Å². The summed E-state index contributed by atoms with van der Waals surface area (Å²) in [5, 5.41) is 7.32. The molecule has 1 aromatic heterocycles. The van der Waals surface area contributed by atoms with Crippen molar-refractivity contribution in [1.29, 1.82) is 0 Å². The predicted molar refractivity (Wildman–Crippen MR) is 106 cm³/mol. The normalized spacial score (nSPS) is 10.5. The fourth-order valence-electron chi connectivity index (χ4n) is 2.48. The number of hydrogen-bond donors (Lipinski definition) is 1. The molecular weight excluding hydrogens is 429 g/mol. The summed E-state index contributed by atoms with van der Waals surface area (Å²) in [6.45, 7) is 3.92. The first-order valence-electron chi connectivity index (χ1n) is 7.83. The largest absolute Gasteiger partial charge is 0.484 e. The van der Waals surface area contributed by atoms with Crippen molar-refractivity contribution in [3.63, 3.8) is 0 Å². The molecule has 3 aromatic rings. The lowest BCUT2D eigenvalue weighted by Crippen LogP contribution is -2.20. The molecule has 0 aliphatic rings. The molecule has 6 heteroatoms. The van der Waals surface area contributed by atoms with Crippen molar-refractivity contribution in [3.05, 3.63) is 69.6 Å². The lowest BCUT2D eigenvalue weighted by atomic mass is 10.2. The van der Waals surface area contributed by atoms with Crippen molar-refractivity contribution in [2.24, 2.45) is 0 Å². The Hall–Kier alpha value is -2.35. The van der Waals surface area contributed by atoms with Gasteiger partial charge in [0.25, 0.3) is 5.91 Å². The number of carbonyl (C=O) groups is 1. The topological polar surface area (TPSA) is 56.2 Å². The summed E-state index contributed by atoms with van der Waals surface area (Å²) in [5.74, 6) is 0.469. The third-order valence-corrected chi connectivity index (χ3v) is 4.29. The van der Waals surface area contributed by atoms with Crippen LogP contribution >= 0.6 is 22.6 Å². The molecule has 25 heavy (non-hydrogen) atoms. The molecule has 0 saturated heterocycles. The molecule has 3 rings (SSSR count). The van der Waals surface area contributed by atoms with Gasteiger partial charge < -0.3 is 10.1 Å². The van der Waals surface area contributed by atoms with E-state index in [1.54, 1.807) is 0 Å². The van der Waals surface area contributed by atoms with Crippen LogP contribution in [-0.4, -0.2) is 22.3 Å². The molecule has 0 atom stereocenters. The second-order valence-electron chi connectivity index (χ2n) is 5.68. The van der Waals surface area contributed by atoms with Crippen LogP contribution in [0.15, 0.2) is 54.6 Å². The van der Waals surface area contributed by atoms with Crippen LogP contribution in [-0.2, 0) is 4.79 Å². The van der Waals surface area contributed by atoms with E-state index in [9.17, 15) is 4.79 Å². The number of halogens is 1. The molecule has 0 unspecified atom stereocenters. The maximum absolute atomic E-state index is 12.1. The molecule has 0 aliphatic carbocycles. The summed E-state index contributed by atoms with van der Waals surface area (Å²) >= 11 is 2.22. The second-order valence-corrected chi connectivity index (χ2v) is 6.93. The van der Waals surface area contributed by atoms with Crippen molar-refractivity contribution in [3.8, 4) is 11.4 Å². The second kappa shape index (κ2) is 7.69. The van der Waals surface area contributed by atoms with E-state index in [-0.39, 0.29) is 12.5 Å². The molecule has 0 aliphatic heterocycles. The Bertz CT molecular complexity index is 888. The first-order chi connectivity index (χ1) is 12.0. The number of nitrogens with zero attached hydrogens (tertiary/aromatic N) is 2. The zero-order valence-electron chi connectivity index (χ0n) is 14.0. The molecule has 1 heterocycles. The van der Waals surface area contributed by atoms with Crippen LogP contribution in [0.2, 0.25) is 0 Å². The van der Waals surface area contributed by atoms with Gasteiger partial charge in [-0.15, -0.1) is 0 Å². The lowest BCUT2D eigenvalue weighted by molar-refractivity contribution is -0.118. The van der Waals surface area contributed by atoms with Gasteiger partial charge in [-0.3, -0.25) is 4.79 Å². The van der Waals surface area contributed by atoms with Gasteiger partial charge in [0.15, 0.2) is 6.61 Å². The number of aryl methyl sites for hydroxylation is 2. The molecule has 1 N–H and O–H groups in total. The maximum Gasteiger partial charge on any atom is 0.262 e. The van der Waals surface area contributed by atoms with Gasteiger partial charge in [-0.25, -0.2) is 4.68 Å². The van der Waals surface area contributed by atoms with E-state index in [2.05, 4.69) is 33.0 Å². The summed E-state index contributed by atoms with van der Waals surface area (Å²) in [4.78, 5) is 12.1. The number of anilines is 1. The van der Waals surface area contributed by atoms with Crippen molar-refractivity contribution < 1.29 is 9.53 Å². The summed E-state index contributed by atoms with van der Waals surface area (Å²) in [6, 6.07) is 17.2. The van der Waals surface area contributed by atoms with Gasteiger partial charge in [0.1, 0.15) is 5.75 Å². The molecule has 1 amide bonds. The summed E-state index contributed by atoms with van der Waals surface area (Å²) in [5.41, 5.74) is 3.61. The number of rotatable bonds is 5. The summed E-state index contributed by atoms with van der Waals surface area (Å²) in [6.07, 6.45) is 0. The van der Waals surface area contributed by atoms with E-state index in [0.29, 0.717) is 11.4 Å². The molecule has 0 saturated carbocycles. The third-order valence-electron chi connectivity index (χ3n) is 3.57. The molecule has 2 aromatic carbocycles. The van der Waals surface area contributed by atoms with Crippen LogP contribution in [0.5, 0.6) is 5.75 Å². The number of nitrogens with one attached hydrogen (secondary N) is 1. The Morgan fingerprint density at radius 3 is 2.60 bits per heavy atom. The molecular formula is C19H18IN3O2. The Kier molecular flexibility index (Phi) is 5.37. The third kappa shape index (κ3) is 4.60. The van der Waals surface area contributed by atoms with Gasteiger partial charge in [0, 0.05) is 15.0 Å². The standard InChI is InChI=1S/C19H18IN3O2/c1-13-10-14(2)23(22-13)17-5-3-4-16(11-17)21-19(24)12-25-18-8-6-15(20)7-9-18/h3-11H,12H2,1-2H3,(H,21,24). The minimum Gasteiger partial charge on any atom is -0.484 e. The zero-order valence-corrected chi connectivity index (χ0v) is 16.1. The number of ether oxygens (including phenoxy) is 1. The molecule has 128 valence electrons. The van der Waals surface area contributed by atoms with E-state index in [0.717, 1.165) is 20.6 Å². The molecule has 0 fully saturated rings. The van der Waals surface area contributed by atoms with Crippen LogP contribution in [0.1, 0.15) is 11.4 Å². The van der Waals surface area contributed by atoms with E-state index in [1.807, 2.05) is 73.1 Å². The first kappa shape index (κ1) is 17.5. The van der Waals surface area contributed by atoms with Gasteiger partial charge in [-0.2, -0.15) is 5.10 Å². The summed E-state index contributed by atoms with van der Waals surface area (Å²) < 4.78 is 8.47. The minimum atomic E-state index is -0.205. The van der Waals surface area contributed by atoms with E-state index < -0.39 is 0 Å². The van der Waals surface area contributed by atoms with Crippen molar-refractivity contribution in [2.75, 3.05) is 11.9 Å². The van der Waals surface area contributed by atoms with Crippen LogP contribution < -0.4 is 10.1 Å². The van der Waals surface area contributed by atoms with Gasteiger partial charge in [0.05, 0.1) is 11.4 Å². The number of benzene rings is 2. The van der Waals surface area contributed by atoms with Crippen LogP contribution in [0.3, 0.4) is 0 Å². The molecule has 5 nitrogen and oxygen atoms in total. The quantitative estimate of drug-likeness (QED) is 0.599. The monoisotopic (exact) mass is 447 g/mol. The number of aromatic nitrogens is 2. The van der Waals surface area contributed by atoms with Crippen LogP contribution in [0.4, 0.5) is 5.69 Å². The smallest absolute Gasteiger partial charge is 0.262 e. The number of carbonyl (C=O) groups excluding carboxylic acids is 1. The highest BCUT2D eigenvalue weighted by molar-refractivity contribution is 14.1. The Balaban J connectivity index is 1.64. The molecule has 0 spiro atoms. The van der Waals surface area contributed by atoms with Crippen LogP contribution in [0, 0.1) is 17.4 Å². The van der Waals surface area contributed by atoms with E-state index in [1.165, 1.54) is 0 Å². The van der Waals surface area contributed by atoms with Gasteiger partial charge >= 0.3 is 0 Å². The minimum absolute atomic E-state index is 0.0370. The van der Waals surface area contributed by atoms with Gasteiger partial charge in [-0.05, 0) is 85.0 Å². The van der Waals surface area contributed by atoms with Crippen LogP contribution in [0.25, 0.3) is 5.69 Å². The van der Waals surface area contributed by atoms with E-state index >= 15 is 0 Å².